The van der Waals surface area contributed by atoms with Crippen molar-refractivity contribution < 1.29 is 14.0 Å². The van der Waals surface area contributed by atoms with Crippen molar-refractivity contribution in [2.75, 3.05) is 19.8 Å². The van der Waals surface area contributed by atoms with Crippen molar-refractivity contribution in [3.8, 4) is 0 Å². The van der Waals surface area contributed by atoms with Gasteiger partial charge in [0.2, 0.25) is 0 Å². The molecule has 0 saturated carbocycles. The molecule has 0 aliphatic carbocycles. The lowest BCUT2D eigenvalue weighted by Gasteiger charge is -2.14. The maximum Gasteiger partial charge on any atom is 0.639 e. The van der Waals surface area contributed by atoms with Crippen LogP contribution in [-0.2, 0) is 14.0 Å². The second kappa shape index (κ2) is 16.2. The molecule has 0 spiro atoms. The maximum atomic E-state index is 5.53. The number of halogens is 1. The topological polar surface area (TPSA) is 27.7 Å². The summed E-state index contributed by atoms with van der Waals surface area (Å²) in [6, 6.07) is 0. The normalized spacial score (nSPS) is 10.1. The number of rotatable bonds is 12. The van der Waals surface area contributed by atoms with Gasteiger partial charge in [-0.05, 0) is 19.3 Å². The molecule has 0 fully saturated rings. The minimum absolute atomic E-state index is 0. The smallest absolute Gasteiger partial charge is 0.386 e. The Kier molecular flexibility index (Phi) is 18.7. The van der Waals surface area contributed by atoms with Gasteiger partial charge in [-0.15, -0.1) is 12.4 Å². The molecule has 0 atom stereocenters. The molecule has 0 saturated heterocycles. The van der Waals surface area contributed by atoms with Gasteiger partial charge in [0, 0.05) is 19.8 Å². The zero-order chi connectivity index (χ0) is 12.1. The van der Waals surface area contributed by atoms with Crippen LogP contribution >= 0.6 is 12.4 Å². The lowest BCUT2D eigenvalue weighted by atomic mass is 10.2. The molecular weight excluding hydrogens is 238 g/mol. The molecule has 0 unspecified atom stereocenters. The monoisotopic (exact) mass is 266 g/mol. The van der Waals surface area contributed by atoms with Gasteiger partial charge in [0.25, 0.3) is 0 Å². The molecule has 0 aromatic rings. The summed E-state index contributed by atoms with van der Waals surface area (Å²) in [6.07, 6.45) is 6.59. The Morgan fingerprint density at radius 2 is 0.941 bits per heavy atom. The lowest BCUT2D eigenvalue weighted by molar-refractivity contribution is 0.0899. The summed E-state index contributed by atoms with van der Waals surface area (Å²) in [5, 5.41) is 0. The fourth-order valence-corrected chi connectivity index (χ4v) is 1.12. The molecule has 0 amide bonds. The van der Waals surface area contributed by atoms with E-state index in [1.807, 2.05) is 0 Å². The van der Waals surface area contributed by atoms with Gasteiger partial charge in [0.1, 0.15) is 0 Å². The third-order valence-corrected chi connectivity index (χ3v) is 2.26. The van der Waals surface area contributed by atoms with E-state index >= 15 is 0 Å². The second-order valence-corrected chi connectivity index (χ2v) is 3.96. The van der Waals surface area contributed by atoms with Gasteiger partial charge in [-0.3, -0.25) is 0 Å². The quantitative estimate of drug-likeness (QED) is 0.397. The van der Waals surface area contributed by atoms with Gasteiger partial charge in [-0.2, -0.15) is 0 Å². The molecule has 5 heteroatoms. The summed E-state index contributed by atoms with van der Waals surface area (Å²) in [5.74, 6) is 0. The molecule has 0 radical (unpaired) electrons. The number of unbranched alkanes of at least 4 members (excludes halogenated alkanes) is 3. The van der Waals surface area contributed by atoms with E-state index < -0.39 is 7.32 Å². The van der Waals surface area contributed by atoms with Crippen LogP contribution < -0.4 is 0 Å². The molecule has 0 bridgehead atoms. The van der Waals surface area contributed by atoms with Gasteiger partial charge in [0.05, 0.1) is 0 Å². The predicted molar refractivity (Wildman–Crippen MR) is 75.6 cm³/mol. The van der Waals surface area contributed by atoms with E-state index in [-0.39, 0.29) is 12.4 Å². The minimum Gasteiger partial charge on any atom is -0.386 e. The van der Waals surface area contributed by atoms with Gasteiger partial charge >= 0.3 is 7.32 Å². The van der Waals surface area contributed by atoms with Crippen molar-refractivity contribution >= 4 is 19.7 Å². The highest BCUT2D eigenvalue weighted by Gasteiger charge is 2.20. The Bertz CT molecular complexity index is 115. The van der Waals surface area contributed by atoms with Crippen LogP contribution in [-0.4, -0.2) is 27.1 Å². The highest BCUT2D eigenvalue weighted by molar-refractivity contribution is 6.36. The molecule has 0 aromatic heterocycles. The van der Waals surface area contributed by atoms with E-state index in [2.05, 4.69) is 20.8 Å². The molecule has 0 N–H and O–H groups in total. The Morgan fingerprint density at radius 1 is 0.647 bits per heavy atom. The largest absolute Gasteiger partial charge is 0.639 e. The Morgan fingerprint density at radius 3 is 1.18 bits per heavy atom. The second-order valence-electron chi connectivity index (χ2n) is 3.96. The summed E-state index contributed by atoms with van der Waals surface area (Å²) < 4.78 is 16.6. The van der Waals surface area contributed by atoms with Crippen LogP contribution in [0.2, 0.25) is 0 Å². The fourth-order valence-electron chi connectivity index (χ4n) is 1.12. The molecule has 17 heavy (non-hydrogen) atoms. The summed E-state index contributed by atoms with van der Waals surface area (Å²) in [4.78, 5) is 0. The zero-order valence-corrected chi connectivity index (χ0v) is 12.4. The first kappa shape index (κ1) is 19.6. The Balaban J connectivity index is 0. The number of hydrogen-bond donors (Lipinski definition) is 0. The Labute approximate surface area is 113 Å². The van der Waals surface area contributed by atoms with E-state index in [1.54, 1.807) is 0 Å². The van der Waals surface area contributed by atoms with Crippen LogP contribution in [0.15, 0.2) is 0 Å². The summed E-state index contributed by atoms with van der Waals surface area (Å²) in [5.41, 5.74) is 0. The van der Waals surface area contributed by atoms with Gasteiger partial charge in [0.15, 0.2) is 0 Å². The SMILES string of the molecule is CCCCOB(OCCCC)OCCCC.Cl. The van der Waals surface area contributed by atoms with Crippen molar-refractivity contribution in [2.45, 2.75) is 59.3 Å². The van der Waals surface area contributed by atoms with Crippen LogP contribution in [0.5, 0.6) is 0 Å². The fraction of sp³-hybridized carbons (Fsp3) is 1.00. The first-order valence-electron chi connectivity index (χ1n) is 6.69. The zero-order valence-electron chi connectivity index (χ0n) is 11.6. The molecule has 0 rings (SSSR count). The van der Waals surface area contributed by atoms with E-state index in [0.29, 0.717) is 0 Å². The van der Waals surface area contributed by atoms with Crippen molar-refractivity contribution in [2.24, 2.45) is 0 Å². The lowest BCUT2D eigenvalue weighted by Crippen LogP contribution is -2.28. The molecule has 0 aliphatic heterocycles. The molecule has 104 valence electrons. The van der Waals surface area contributed by atoms with Crippen LogP contribution in [0.4, 0.5) is 0 Å². The van der Waals surface area contributed by atoms with Crippen molar-refractivity contribution in [1.29, 1.82) is 0 Å². The van der Waals surface area contributed by atoms with Crippen molar-refractivity contribution in [3.63, 3.8) is 0 Å². The average molecular weight is 267 g/mol. The predicted octanol–water partition coefficient (Wildman–Crippen LogP) is 3.84. The standard InChI is InChI=1S/C12H27BO3.ClH/c1-4-7-10-14-13(15-11-8-5-2)16-12-9-6-3;/h4-12H2,1-3H3;1H. The van der Waals surface area contributed by atoms with E-state index in [1.165, 1.54) is 0 Å². The summed E-state index contributed by atoms with van der Waals surface area (Å²) in [7, 11) is -0.454. The first-order valence-corrected chi connectivity index (χ1v) is 6.69. The van der Waals surface area contributed by atoms with Crippen LogP contribution in [0, 0.1) is 0 Å². The summed E-state index contributed by atoms with van der Waals surface area (Å²) >= 11 is 0. The maximum absolute atomic E-state index is 5.53. The van der Waals surface area contributed by atoms with E-state index in [0.717, 1.165) is 58.3 Å². The van der Waals surface area contributed by atoms with Crippen LogP contribution in [0.3, 0.4) is 0 Å². The van der Waals surface area contributed by atoms with E-state index in [4.69, 9.17) is 14.0 Å². The van der Waals surface area contributed by atoms with E-state index in [9.17, 15) is 0 Å². The average Bonchev–Trinajstić information content (AvgIpc) is 2.29. The summed E-state index contributed by atoms with van der Waals surface area (Å²) in [6.45, 7) is 8.61. The van der Waals surface area contributed by atoms with Gasteiger partial charge in [-0.1, -0.05) is 40.0 Å². The van der Waals surface area contributed by atoms with Crippen molar-refractivity contribution in [1.82, 2.24) is 0 Å². The third kappa shape index (κ3) is 14.2. The molecule has 3 nitrogen and oxygen atoms in total. The van der Waals surface area contributed by atoms with Gasteiger partial charge in [-0.25, -0.2) is 0 Å². The van der Waals surface area contributed by atoms with Crippen LogP contribution in [0.25, 0.3) is 0 Å². The minimum atomic E-state index is -0.454. The number of hydrogen-bond acceptors (Lipinski definition) is 3. The van der Waals surface area contributed by atoms with Crippen molar-refractivity contribution in [3.05, 3.63) is 0 Å². The Hall–Kier alpha value is 0.235. The molecule has 0 aromatic carbocycles. The first-order chi connectivity index (χ1) is 7.85. The molecule has 0 aliphatic rings. The van der Waals surface area contributed by atoms with Crippen LogP contribution in [0.1, 0.15) is 59.3 Å². The van der Waals surface area contributed by atoms with Gasteiger partial charge < -0.3 is 14.0 Å². The molecular formula is C12H28BClO3. The third-order valence-electron chi connectivity index (χ3n) is 2.26. The highest BCUT2D eigenvalue weighted by Crippen LogP contribution is 2.00. The molecule has 0 heterocycles. The highest BCUT2D eigenvalue weighted by atomic mass is 35.5.